The summed E-state index contributed by atoms with van der Waals surface area (Å²) in [4.78, 5) is 0. The second-order valence-corrected chi connectivity index (χ2v) is 2.51. The fourth-order valence-electron chi connectivity index (χ4n) is 0. The maximum Gasteiger partial charge on any atom is 2.00 e. The minimum Gasteiger partial charge on any atom is -0.759 e. The first-order chi connectivity index (χ1) is 4.00. The van der Waals surface area contributed by atoms with Crippen molar-refractivity contribution in [2.24, 2.45) is 0 Å². The zero-order chi connectivity index (χ0) is 9.00. The summed E-state index contributed by atoms with van der Waals surface area (Å²) >= 11 is 0. The molecule has 0 saturated carbocycles. The van der Waals surface area contributed by atoms with Crippen molar-refractivity contribution in [1.82, 2.24) is 0 Å². The first-order valence-corrected chi connectivity index (χ1v) is 4.05. The third-order valence-electron chi connectivity index (χ3n) is 0. The van der Waals surface area contributed by atoms with Crippen LogP contribution in [0.15, 0.2) is 0 Å². The third kappa shape index (κ3) is 1520. The Morgan fingerprint density at radius 2 is 0.706 bits per heavy atom. The molecule has 0 heterocycles. The van der Waals surface area contributed by atoms with E-state index in [1.165, 1.54) is 0 Å². The van der Waals surface area contributed by atoms with Crippen molar-refractivity contribution in [3.8, 4) is 0 Å². The van der Waals surface area contributed by atoms with Gasteiger partial charge in [-0.2, -0.15) is 0 Å². The molecule has 0 rings (SSSR count). The molecule has 0 bridgehead atoms. The Morgan fingerprint density at radius 1 is 0.706 bits per heavy atom. The summed E-state index contributed by atoms with van der Waals surface area (Å²) in [5, 5.41) is 0. The van der Waals surface area contributed by atoms with Crippen molar-refractivity contribution in [3.05, 3.63) is 0 Å². The molecule has 0 aromatic heterocycles. The van der Waals surface area contributed by atoms with Gasteiger partial charge in [0.15, 0.2) is 0 Å². The van der Waals surface area contributed by atoms with Crippen LogP contribution >= 0.6 is 0 Å². The maximum absolute atomic E-state index is 8.63. The van der Waals surface area contributed by atoms with Crippen molar-refractivity contribution in [3.63, 3.8) is 0 Å². The Kier molecular flexibility index (Phi) is 96.3. The summed E-state index contributed by atoms with van der Waals surface area (Å²) in [6, 6.07) is 0. The molecule has 0 aromatic carbocycles. The van der Waals surface area contributed by atoms with Gasteiger partial charge in [-0.25, -0.2) is 8.42 Å². The maximum atomic E-state index is 8.63. The van der Waals surface area contributed by atoms with E-state index in [0.29, 0.717) is 0 Å². The van der Waals surface area contributed by atoms with Crippen LogP contribution in [0, 0.1) is 0 Å². The molecule has 1 radical (unpaired) electrons. The molecule has 0 fully saturated rings. The molecule has 0 aliphatic carbocycles. The van der Waals surface area contributed by atoms with Gasteiger partial charge < -0.3 is 41.0 Å². The number of rotatable bonds is 0. The van der Waals surface area contributed by atoms with E-state index in [-0.39, 0.29) is 95.8 Å². The first kappa shape index (κ1) is 62.3. The van der Waals surface area contributed by atoms with Crippen LogP contribution in [0.4, 0.5) is 0 Å². The molecule has 0 aliphatic heterocycles. The molecule has 113 valence electrons. The van der Waals surface area contributed by atoms with E-state index in [4.69, 9.17) is 35.0 Å². The summed E-state index contributed by atoms with van der Waals surface area (Å²) in [6.45, 7) is 0. The van der Waals surface area contributed by atoms with Crippen LogP contribution in [0.3, 0.4) is 0 Å². The Hall–Kier alpha value is 1.70. The Morgan fingerprint density at radius 3 is 0.706 bits per heavy atom. The molecule has 0 atom stereocenters. The van der Waals surface area contributed by atoms with Crippen LogP contribution in [-0.4, -0.2) is 62.4 Å². The van der Waals surface area contributed by atoms with Gasteiger partial charge in [0.2, 0.25) is 10.4 Å². The molecule has 0 amide bonds. The van der Waals surface area contributed by atoms with Crippen LogP contribution < -0.4 is 51.4 Å². The second kappa shape index (κ2) is 26.3. The van der Waals surface area contributed by atoms with Crippen molar-refractivity contribution in [2.45, 2.75) is 0 Å². The number of hydrogen-bond acceptors (Lipinski definition) is 7. The topological polar surface area (TPSA) is 315 Å². The fourth-order valence-corrected chi connectivity index (χ4v) is 0. The van der Waals surface area contributed by atoms with Gasteiger partial charge in [-0.3, -0.25) is 13.0 Å². The molecule has 11 N–H and O–H groups in total. The predicted octanol–water partition coefficient (Wildman–Crippen LogP) is -9.46. The van der Waals surface area contributed by atoms with E-state index >= 15 is 0 Å². The van der Waals surface area contributed by atoms with Crippen LogP contribution in [-0.2, 0) is 37.9 Å². The molecular formula is H11CuKO13S2. The normalized spacial score (nSPS) is 6.82. The SMILES string of the molecule is O.O.O.O.O.O=S(=O)([O-])O.O=S(=O)([O-])[O-].[Cu+2].[K+]. The number of hydrogen-bond donors (Lipinski definition) is 1. The molecule has 17 heteroatoms. The quantitative estimate of drug-likeness (QED) is 0.236. The third-order valence-corrected chi connectivity index (χ3v) is 0. The molecule has 0 aliphatic rings. The minimum absolute atomic E-state index is 0. The van der Waals surface area contributed by atoms with E-state index in [2.05, 4.69) is 0 Å². The standard InChI is InChI=1S/Cu.K.2H2O4S.5H2O/c;;2*1-5(2,3)4;;;;;/h;;2*(H2,1,2,3,4);5*1H2/q+2;+1;;;;;;;/p-3. The van der Waals surface area contributed by atoms with Gasteiger partial charge in [0.25, 0.3) is 0 Å². The molecule has 13 nitrogen and oxygen atoms in total. The Labute approximate surface area is 150 Å². The largest absolute Gasteiger partial charge is 2.00 e. The van der Waals surface area contributed by atoms with Crippen LogP contribution in [0.2, 0.25) is 0 Å². The van der Waals surface area contributed by atoms with E-state index < -0.39 is 20.8 Å². The summed E-state index contributed by atoms with van der Waals surface area (Å²) in [5.74, 6) is 0. The van der Waals surface area contributed by atoms with E-state index in [1.807, 2.05) is 0 Å². The predicted molar refractivity (Wildman–Crippen MR) is 40.9 cm³/mol. The van der Waals surface area contributed by atoms with E-state index in [1.54, 1.807) is 0 Å². The van der Waals surface area contributed by atoms with Crippen molar-refractivity contribution in [1.29, 1.82) is 0 Å². The van der Waals surface area contributed by atoms with Crippen molar-refractivity contribution < 1.29 is 131 Å². The molecule has 0 saturated heterocycles. The minimum atomic E-state index is -5.17. The fraction of sp³-hybridized carbons (Fsp3) is 0. The van der Waals surface area contributed by atoms with Gasteiger partial charge in [-0.15, -0.1) is 0 Å². The van der Waals surface area contributed by atoms with Crippen molar-refractivity contribution in [2.75, 3.05) is 0 Å². The van der Waals surface area contributed by atoms with Crippen molar-refractivity contribution >= 4 is 20.8 Å². The Balaban J connectivity index is -0.00000000762. The Bertz CT molecular complexity index is 216. The van der Waals surface area contributed by atoms with E-state index in [0.717, 1.165) is 0 Å². The molecular weight excluding hydrogens is 375 g/mol. The summed E-state index contributed by atoms with van der Waals surface area (Å²) in [6.07, 6.45) is 0. The van der Waals surface area contributed by atoms with Gasteiger partial charge in [-0.1, -0.05) is 0 Å². The molecule has 17 heavy (non-hydrogen) atoms. The summed E-state index contributed by atoms with van der Waals surface area (Å²) in [5.41, 5.74) is 0. The summed E-state index contributed by atoms with van der Waals surface area (Å²) < 4.78 is 66.9. The van der Waals surface area contributed by atoms with Crippen LogP contribution in [0.1, 0.15) is 0 Å². The zero-order valence-electron chi connectivity index (χ0n) is 7.92. The van der Waals surface area contributed by atoms with Gasteiger partial charge in [0.1, 0.15) is 0 Å². The second-order valence-electron chi connectivity index (χ2n) is 0.836. The van der Waals surface area contributed by atoms with Gasteiger partial charge in [0.05, 0.1) is 0 Å². The van der Waals surface area contributed by atoms with Crippen LogP contribution in [0.25, 0.3) is 0 Å². The smallest absolute Gasteiger partial charge is 0.759 e. The van der Waals surface area contributed by atoms with E-state index in [9.17, 15) is 0 Å². The average molecular weight is 386 g/mol. The van der Waals surface area contributed by atoms with Gasteiger partial charge in [-0.05, 0) is 0 Å². The monoisotopic (exact) mass is 385 g/mol. The van der Waals surface area contributed by atoms with Gasteiger partial charge >= 0.3 is 68.5 Å². The van der Waals surface area contributed by atoms with Crippen LogP contribution in [0.5, 0.6) is 0 Å². The average Bonchev–Trinajstić information content (AvgIpc) is 1.12. The first-order valence-electron chi connectivity index (χ1n) is 1.35. The summed E-state index contributed by atoms with van der Waals surface area (Å²) in [7, 11) is -10.1. The molecule has 0 unspecified atom stereocenters. The molecule has 0 aromatic rings. The molecule has 0 spiro atoms. The van der Waals surface area contributed by atoms with Gasteiger partial charge in [0, 0.05) is 10.4 Å². The zero-order valence-corrected chi connectivity index (χ0v) is 13.6.